The number of nitrogens with zero attached hydrogens (tertiary/aromatic N) is 6. The van der Waals surface area contributed by atoms with Crippen molar-refractivity contribution >= 4 is 16.9 Å². The van der Waals surface area contributed by atoms with Crippen LogP contribution in [0.2, 0.25) is 0 Å². The van der Waals surface area contributed by atoms with Gasteiger partial charge in [-0.1, -0.05) is 24.3 Å². The van der Waals surface area contributed by atoms with Crippen molar-refractivity contribution in [3.63, 3.8) is 0 Å². The molecule has 5 rings (SSSR count). The molecule has 1 aliphatic heterocycles. The molecule has 0 saturated carbocycles. The van der Waals surface area contributed by atoms with E-state index in [1.807, 2.05) is 25.4 Å². The summed E-state index contributed by atoms with van der Waals surface area (Å²) in [5.74, 6) is 1.50. The molecule has 0 saturated heterocycles. The van der Waals surface area contributed by atoms with Gasteiger partial charge < -0.3 is 5.32 Å². The van der Waals surface area contributed by atoms with E-state index < -0.39 is 0 Å². The number of aryl methyl sites for hydroxylation is 1. The Morgan fingerprint density at radius 2 is 1.83 bits per heavy atom. The minimum absolute atomic E-state index is 0.399. The summed E-state index contributed by atoms with van der Waals surface area (Å²) in [4.78, 5) is 16.0. The summed E-state index contributed by atoms with van der Waals surface area (Å²) in [6.07, 6.45) is 6.37. The van der Waals surface area contributed by atoms with Crippen LogP contribution in [0.25, 0.3) is 22.4 Å². The zero-order valence-electron chi connectivity index (χ0n) is 16.6. The van der Waals surface area contributed by atoms with Crippen molar-refractivity contribution in [2.24, 2.45) is 7.05 Å². The van der Waals surface area contributed by atoms with Crippen LogP contribution in [0.4, 0.5) is 5.82 Å². The molecule has 1 atom stereocenters. The van der Waals surface area contributed by atoms with Gasteiger partial charge in [-0.2, -0.15) is 5.10 Å². The Morgan fingerprint density at radius 3 is 2.66 bits per heavy atom. The lowest BCUT2D eigenvalue weighted by molar-refractivity contribution is 0.225. The largest absolute Gasteiger partial charge is 0.368 e. The van der Waals surface area contributed by atoms with Crippen LogP contribution in [0.15, 0.2) is 55.0 Å². The summed E-state index contributed by atoms with van der Waals surface area (Å²) in [7, 11) is 4.09. The number of rotatable bonds is 4. The summed E-state index contributed by atoms with van der Waals surface area (Å²) in [5.41, 5.74) is 4.61. The average Bonchev–Trinajstić information content (AvgIpc) is 3.13. The maximum absolute atomic E-state index is 4.82. The van der Waals surface area contributed by atoms with Crippen molar-refractivity contribution in [2.45, 2.75) is 19.0 Å². The Morgan fingerprint density at radius 1 is 1.03 bits per heavy atom. The lowest BCUT2D eigenvalue weighted by atomic mass is 9.94. The molecule has 1 unspecified atom stereocenters. The van der Waals surface area contributed by atoms with Crippen molar-refractivity contribution < 1.29 is 0 Å². The highest BCUT2D eigenvalue weighted by Gasteiger charge is 2.23. The first-order valence-electron chi connectivity index (χ1n) is 9.80. The Hall–Kier alpha value is -3.32. The van der Waals surface area contributed by atoms with Gasteiger partial charge in [0.05, 0.1) is 11.6 Å². The fourth-order valence-corrected chi connectivity index (χ4v) is 3.95. The van der Waals surface area contributed by atoms with Gasteiger partial charge in [0.15, 0.2) is 11.5 Å². The van der Waals surface area contributed by atoms with Crippen molar-refractivity contribution in [2.75, 3.05) is 18.9 Å². The number of fused-ring (bicyclic) bond motifs is 2. The standard InChI is InChI=1S/C22H23N7/c1-28-14-17-6-4-3-5-16(17)11-18(28)12-24-21-19-13-25-29(2)22(19)27-20(26-21)15-7-9-23-10-8-15/h3-10,13,18H,11-12,14H2,1-2H3,(H,24,26,27). The predicted molar refractivity (Wildman–Crippen MR) is 113 cm³/mol. The molecule has 0 bridgehead atoms. The number of pyridine rings is 1. The molecule has 0 radical (unpaired) electrons. The smallest absolute Gasteiger partial charge is 0.164 e. The SMILES string of the molecule is CN1Cc2ccccc2CC1CNc1nc(-c2ccncc2)nc2c1cnn2C. The topological polar surface area (TPSA) is 71.8 Å². The summed E-state index contributed by atoms with van der Waals surface area (Å²) in [6.45, 7) is 1.78. The van der Waals surface area contributed by atoms with Gasteiger partial charge in [-0.05, 0) is 36.7 Å². The maximum atomic E-state index is 4.82. The monoisotopic (exact) mass is 385 g/mol. The highest BCUT2D eigenvalue weighted by Crippen LogP contribution is 2.26. The minimum Gasteiger partial charge on any atom is -0.368 e. The molecule has 1 N–H and O–H groups in total. The van der Waals surface area contributed by atoms with Gasteiger partial charge in [0, 0.05) is 44.1 Å². The second kappa shape index (κ2) is 7.25. The van der Waals surface area contributed by atoms with Crippen molar-refractivity contribution in [1.29, 1.82) is 0 Å². The highest BCUT2D eigenvalue weighted by atomic mass is 15.3. The number of hydrogen-bond donors (Lipinski definition) is 1. The second-order valence-electron chi connectivity index (χ2n) is 7.56. The molecular weight excluding hydrogens is 362 g/mol. The number of aromatic nitrogens is 5. The molecule has 4 aromatic rings. The molecule has 0 spiro atoms. The van der Waals surface area contributed by atoms with Crippen LogP contribution in [0.5, 0.6) is 0 Å². The molecule has 3 aromatic heterocycles. The maximum Gasteiger partial charge on any atom is 0.164 e. The molecular formula is C22H23N7. The number of benzene rings is 1. The normalized spacial score (nSPS) is 16.7. The molecule has 29 heavy (non-hydrogen) atoms. The van der Waals surface area contributed by atoms with Crippen LogP contribution in [0.1, 0.15) is 11.1 Å². The zero-order valence-corrected chi connectivity index (χ0v) is 16.6. The van der Waals surface area contributed by atoms with E-state index in [1.54, 1.807) is 17.1 Å². The Balaban J connectivity index is 1.45. The molecule has 146 valence electrons. The van der Waals surface area contributed by atoms with Gasteiger partial charge in [-0.25, -0.2) is 9.97 Å². The van der Waals surface area contributed by atoms with Crippen LogP contribution < -0.4 is 5.32 Å². The number of likely N-dealkylation sites (N-methyl/N-ethyl adjacent to an activating group) is 1. The third-order valence-corrected chi connectivity index (χ3v) is 5.65. The van der Waals surface area contributed by atoms with Crippen molar-refractivity contribution in [1.82, 2.24) is 29.6 Å². The lowest BCUT2D eigenvalue weighted by Gasteiger charge is -2.34. The molecule has 0 amide bonds. The molecule has 0 fully saturated rings. The molecule has 1 aliphatic rings. The van der Waals surface area contributed by atoms with E-state index in [-0.39, 0.29) is 0 Å². The van der Waals surface area contributed by atoms with E-state index in [4.69, 9.17) is 9.97 Å². The molecule has 7 heteroatoms. The number of hydrogen-bond acceptors (Lipinski definition) is 6. The Kier molecular flexibility index (Phi) is 4.44. The van der Waals surface area contributed by atoms with Crippen LogP contribution in [0, 0.1) is 0 Å². The quantitative estimate of drug-likeness (QED) is 0.582. The zero-order chi connectivity index (χ0) is 19.8. The van der Waals surface area contributed by atoms with Gasteiger partial charge >= 0.3 is 0 Å². The first kappa shape index (κ1) is 17.8. The van der Waals surface area contributed by atoms with Crippen LogP contribution >= 0.6 is 0 Å². The van der Waals surface area contributed by atoms with Gasteiger partial charge in [0.1, 0.15) is 5.82 Å². The molecule has 7 nitrogen and oxygen atoms in total. The highest BCUT2D eigenvalue weighted by molar-refractivity contribution is 5.88. The van der Waals surface area contributed by atoms with E-state index in [2.05, 4.69) is 51.6 Å². The first-order valence-corrected chi connectivity index (χ1v) is 9.80. The van der Waals surface area contributed by atoms with E-state index in [0.717, 1.165) is 41.9 Å². The van der Waals surface area contributed by atoms with E-state index in [1.165, 1.54) is 11.1 Å². The molecule has 0 aliphatic carbocycles. The van der Waals surface area contributed by atoms with E-state index in [0.29, 0.717) is 11.9 Å². The third-order valence-electron chi connectivity index (χ3n) is 5.65. The van der Waals surface area contributed by atoms with Crippen LogP contribution in [0.3, 0.4) is 0 Å². The van der Waals surface area contributed by atoms with E-state index >= 15 is 0 Å². The summed E-state index contributed by atoms with van der Waals surface area (Å²) >= 11 is 0. The fraction of sp³-hybridized carbons (Fsp3) is 0.273. The average molecular weight is 385 g/mol. The van der Waals surface area contributed by atoms with Gasteiger partial charge in [-0.15, -0.1) is 0 Å². The summed E-state index contributed by atoms with van der Waals surface area (Å²) in [6, 6.07) is 12.9. The first-order chi connectivity index (χ1) is 14.2. The number of anilines is 1. The van der Waals surface area contributed by atoms with Crippen LogP contribution in [-0.4, -0.2) is 49.3 Å². The van der Waals surface area contributed by atoms with Crippen molar-refractivity contribution in [3.05, 3.63) is 66.1 Å². The second-order valence-corrected chi connectivity index (χ2v) is 7.56. The molecule has 4 heterocycles. The Bertz CT molecular complexity index is 1150. The van der Waals surface area contributed by atoms with Crippen LogP contribution in [-0.2, 0) is 20.0 Å². The lowest BCUT2D eigenvalue weighted by Crippen LogP contribution is -2.42. The summed E-state index contributed by atoms with van der Waals surface area (Å²) < 4.78 is 1.79. The van der Waals surface area contributed by atoms with Gasteiger partial charge in [0.25, 0.3) is 0 Å². The minimum atomic E-state index is 0.399. The Labute approximate surface area is 169 Å². The predicted octanol–water partition coefficient (Wildman–Crippen LogP) is 2.89. The number of nitrogens with one attached hydrogen (secondary N) is 1. The molecule has 1 aromatic carbocycles. The van der Waals surface area contributed by atoms with Crippen molar-refractivity contribution in [3.8, 4) is 11.4 Å². The summed E-state index contributed by atoms with van der Waals surface area (Å²) in [5, 5.41) is 8.90. The fourth-order valence-electron chi connectivity index (χ4n) is 3.95. The van der Waals surface area contributed by atoms with Gasteiger partial charge in [-0.3, -0.25) is 14.6 Å². The third kappa shape index (κ3) is 3.34. The van der Waals surface area contributed by atoms with Gasteiger partial charge in [0.2, 0.25) is 0 Å². The van der Waals surface area contributed by atoms with E-state index in [9.17, 15) is 0 Å².